The van der Waals surface area contributed by atoms with Crippen molar-refractivity contribution >= 4 is 11.6 Å². The lowest BCUT2D eigenvalue weighted by molar-refractivity contribution is 0.0743. The maximum atomic E-state index is 13.5. The molecule has 0 aliphatic rings. The summed E-state index contributed by atoms with van der Waals surface area (Å²) in [5.74, 6) is -0.864. The first-order valence-corrected chi connectivity index (χ1v) is 6.79. The SMILES string of the molecule is Cc1ccc(C(C)N(C)C(=O)c2cccc(F)c2N)cc1. The minimum Gasteiger partial charge on any atom is -0.396 e. The molecule has 0 saturated carbocycles. The summed E-state index contributed by atoms with van der Waals surface area (Å²) in [6.07, 6.45) is 0. The zero-order chi connectivity index (χ0) is 15.6. The highest BCUT2D eigenvalue weighted by Gasteiger charge is 2.21. The topological polar surface area (TPSA) is 46.3 Å². The number of halogens is 1. The number of nitrogens with two attached hydrogens (primary N) is 1. The summed E-state index contributed by atoms with van der Waals surface area (Å²) >= 11 is 0. The molecule has 0 radical (unpaired) electrons. The van der Waals surface area contributed by atoms with Crippen molar-refractivity contribution in [3.05, 3.63) is 65.0 Å². The van der Waals surface area contributed by atoms with Gasteiger partial charge in [-0.25, -0.2) is 4.39 Å². The Morgan fingerprint density at radius 2 is 1.81 bits per heavy atom. The molecule has 0 spiro atoms. The maximum absolute atomic E-state index is 13.5. The number of nitrogen functional groups attached to an aromatic ring is 1. The normalized spacial score (nSPS) is 12.0. The Morgan fingerprint density at radius 1 is 1.19 bits per heavy atom. The molecule has 0 aromatic heterocycles. The molecule has 3 nitrogen and oxygen atoms in total. The fraction of sp³-hybridized carbons (Fsp3) is 0.235. The standard InChI is InChI=1S/C17H19FN2O/c1-11-7-9-13(10-8-11)12(2)20(3)17(21)14-5-4-6-15(18)16(14)19/h4-10,12H,19H2,1-3H3. The molecular formula is C17H19FN2O. The number of carbonyl (C=O) groups is 1. The summed E-state index contributed by atoms with van der Waals surface area (Å²) in [6.45, 7) is 3.94. The van der Waals surface area contributed by atoms with Gasteiger partial charge in [-0.05, 0) is 31.5 Å². The van der Waals surface area contributed by atoms with E-state index in [1.807, 2.05) is 38.1 Å². The van der Waals surface area contributed by atoms with Crippen LogP contribution in [0.25, 0.3) is 0 Å². The Morgan fingerprint density at radius 3 is 2.43 bits per heavy atom. The third-order valence-corrected chi connectivity index (χ3v) is 3.74. The van der Waals surface area contributed by atoms with Crippen LogP contribution in [-0.4, -0.2) is 17.9 Å². The molecule has 0 fully saturated rings. The van der Waals surface area contributed by atoms with Crippen molar-refractivity contribution in [3.8, 4) is 0 Å². The van der Waals surface area contributed by atoms with Crippen molar-refractivity contribution in [2.45, 2.75) is 19.9 Å². The number of hydrogen-bond acceptors (Lipinski definition) is 2. The van der Waals surface area contributed by atoms with Crippen molar-refractivity contribution in [3.63, 3.8) is 0 Å². The monoisotopic (exact) mass is 286 g/mol. The first-order valence-electron chi connectivity index (χ1n) is 6.79. The van der Waals surface area contributed by atoms with Gasteiger partial charge in [-0.2, -0.15) is 0 Å². The molecule has 2 rings (SSSR count). The first kappa shape index (κ1) is 15.0. The van der Waals surface area contributed by atoms with E-state index in [0.717, 1.165) is 11.1 Å². The van der Waals surface area contributed by atoms with E-state index in [-0.39, 0.29) is 23.2 Å². The van der Waals surface area contributed by atoms with Crippen LogP contribution >= 0.6 is 0 Å². The molecule has 0 aliphatic carbocycles. The highest BCUT2D eigenvalue weighted by molar-refractivity contribution is 5.99. The fourth-order valence-electron chi connectivity index (χ4n) is 2.16. The summed E-state index contributed by atoms with van der Waals surface area (Å²) in [6, 6.07) is 12.1. The van der Waals surface area contributed by atoms with Crippen LogP contribution in [0, 0.1) is 12.7 Å². The molecule has 1 amide bonds. The van der Waals surface area contributed by atoms with Crippen molar-refractivity contribution in [1.82, 2.24) is 4.90 Å². The van der Waals surface area contributed by atoms with Gasteiger partial charge in [-0.1, -0.05) is 35.9 Å². The zero-order valence-electron chi connectivity index (χ0n) is 12.4. The van der Waals surface area contributed by atoms with Gasteiger partial charge in [0, 0.05) is 7.05 Å². The number of nitrogens with zero attached hydrogens (tertiary/aromatic N) is 1. The molecule has 4 heteroatoms. The van der Waals surface area contributed by atoms with E-state index in [2.05, 4.69) is 0 Å². The van der Waals surface area contributed by atoms with Gasteiger partial charge in [-0.15, -0.1) is 0 Å². The Hall–Kier alpha value is -2.36. The number of benzene rings is 2. The van der Waals surface area contributed by atoms with Gasteiger partial charge in [0.15, 0.2) is 0 Å². The quantitative estimate of drug-likeness (QED) is 0.877. The van der Waals surface area contributed by atoms with E-state index in [0.29, 0.717) is 0 Å². The van der Waals surface area contributed by atoms with Crippen LogP contribution in [-0.2, 0) is 0 Å². The Kier molecular flexibility index (Phi) is 4.26. The fourth-order valence-corrected chi connectivity index (χ4v) is 2.16. The molecule has 0 saturated heterocycles. The minimum absolute atomic E-state index is 0.106. The zero-order valence-corrected chi connectivity index (χ0v) is 12.4. The van der Waals surface area contributed by atoms with E-state index in [4.69, 9.17) is 5.73 Å². The number of rotatable bonds is 3. The Balaban J connectivity index is 2.26. The lowest BCUT2D eigenvalue weighted by Gasteiger charge is -2.26. The molecule has 2 N–H and O–H groups in total. The summed E-state index contributed by atoms with van der Waals surface area (Å²) in [5.41, 5.74) is 7.92. The summed E-state index contributed by atoms with van der Waals surface area (Å²) in [4.78, 5) is 14.0. The molecule has 0 aliphatic heterocycles. The van der Waals surface area contributed by atoms with Crippen LogP contribution in [0.3, 0.4) is 0 Å². The molecular weight excluding hydrogens is 267 g/mol. The predicted molar refractivity (Wildman–Crippen MR) is 82.5 cm³/mol. The molecule has 0 heterocycles. The summed E-state index contributed by atoms with van der Waals surface area (Å²) in [7, 11) is 1.69. The van der Waals surface area contributed by atoms with Crippen LogP contribution in [0.2, 0.25) is 0 Å². The smallest absolute Gasteiger partial charge is 0.256 e. The van der Waals surface area contributed by atoms with E-state index in [1.165, 1.54) is 12.1 Å². The maximum Gasteiger partial charge on any atom is 0.256 e. The highest BCUT2D eigenvalue weighted by atomic mass is 19.1. The third-order valence-electron chi connectivity index (χ3n) is 3.74. The largest absolute Gasteiger partial charge is 0.396 e. The Labute approximate surface area is 124 Å². The number of carbonyl (C=O) groups excluding carboxylic acids is 1. The summed E-state index contributed by atoms with van der Waals surface area (Å²) in [5, 5.41) is 0. The van der Waals surface area contributed by atoms with E-state index >= 15 is 0 Å². The van der Waals surface area contributed by atoms with Crippen LogP contribution in [0.15, 0.2) is 42.5 Å². The lowest BCUT2D eigenvalue weighted by atomic mass is 10.0. The predicted octanol–water partition coefficient (Wildman–Crippen LogP) is 3.55. The highest BCUT2D eigenvalue weighted by Crippen LogP contribution is 2.24. The van der Waals surface area contributed by atoms with Crippen LogP contribution < -0.4 is 5.73 Å². The average molecular weight is 286 g/mol. The van der Waals surface area contributed by atoms with Crippen LogP contribution in [0.5, 0.6) is 0 Å². The first-order chi connectivity index (χ1) is 9.91. The second-order valence-corrected chi connectivity index (χ2v) is 5.20. The lowest BCUT2D eigenvalue weighted by Crippen LogP contribution is -2.30. The third kappa shape index (κ3) is 3.05. The van der Waals surface area contributed by atoms with Crippen molar-refractivity contribution < 1.29 is 9.18 Å². The van der Waals surface area contributed by atoms with Gasteiger partial charge < -0.3 is 10.6 Å². The molecule has 2 aromatic rings. The number of anilines is 1. The average Bonchev–Trinajstić information content (AvgIpc) is 2.48. The number of amides is 1. The number of para-hydroxylation sites is 1. The van der Waals surface area contributed by atoms with Gasteiger partial charge in [-0.3, -0.25) is 4.79 Å². The van der Waals surface area contributed by atoms with E-state index < -0.39 is 5.82 Å². The molecule has 1 unspecified atom stereocenters. The van der Waals surface area contributed by atoms with Crippen molar-refractivity contribution in [1.29, 1.82) is 0 Å². The molecule has 21 heavy (non-hydrogen) atoms. The second-order valence-electron chi connectivity index (χ2n) is 5.20. The molecule has 110 valence electrons. The van der Waals surface area contributed by atoms with E-state index in [1.54, 1.807) is 18.0 Å². The molecule has 0 bridgehead atoms. The van der Waals surface area contributed by atoms with Gasteiger partial charge in [0.1, 0.15) is 5.82 Å². The van der Waals surface area contributed by atoms with Crippen molar-refractivity contribution in [2.24, 2.45) is 0 Å². The van der Waals surface area contributed by atoms with Gasteiger partial charge in [0.2, 0.25) is 0 Å². The molecule has 2 aromatic carbocycles. The number of hydrogen-bond donors (Lipinski definition) is 1. The van der Waals surface area contributed by atoms with Gasteiger partial charge in [0.05, 0.1) is 17.3 Å². The minimum atomic E-state index is -0.572. The van der Waals surface area contributed by atoms with Crippen molar-refractivity contribution in [2.75, 3.05) is 12.8 Å². The number of aryl methyl sites for hydroxylation is 1. The second kappa shape index (κ2) is 5.95. The van der Waals surface area contributed by atoms with Gasteiger partial charge in [0.25, 0.3) is 5.91 Å². The van der Waals surface area contributed by atoms with Crippen LogP contribution in [0.4, 0.5) is 10.1 Å². The van der Waals surface area contributed by atoms with Gasteiger partial charge >= 0.3 is 0 Å². The Bertz CT molecular complexity index is 652. The van der Waals surface area contributed by atoms with E-state index in [9.17, 15) is 9.18 Å². The molecule has 1 atom stereocenters. The van der Waals surface area contributed by atoms with Crippen LogP contribution in [0.1, 0.15) is 34.5 Å². The summed E-state index contributed by atoms with van der Waals surface area (Å²) < 4.78 is 13.5.